The first-order valence-electron chi connectivity index (χ1n) is 5.16. The zero-order chi connectivity index (χ0) is 11.4. The number of hydrogen-bond acceptors (Lipinski definition) is 5. The van der Waals surface area contributed by atoms with E-state index in [-0.39, 0.29) is 5.75 Å². The molecule has 1 aromatic heterocycles. The maximum absolute atomic E-state index is 9.15. The molecular weight excluding hydrogens is 206 g/mol. The normalized spacial score (nSPS) is 10.3. The third kappa shape index (κ3) is 2.31. The Morgan fingerprint density at radius 3 is 2.75 bits per heavy atom. The molecule has 1 aromatic carbocycles. The number of phenolic OH excluding ortho intramolecular Hbond substituents is 1. The summed E-state index contributed by atoms with van der Waals surface area (Å²) in [6, 6.07) is 7.08. The molecule has 16 heavy (non-hydrogen) atoms. The molecule has 1 heterocycles. The molecule has 2 rings (SSSR count). The monoisotopic (exact) mass is 219 g/mol. The summed E-state index contributed by atoms with van der Waals surface area (Å²) in [5, 5.41) is 16.0. The van der Waals surface area contributed by atoms with Gasteiger partial charge in [0.2, 0.25) is 5.82 Å². The van der Waals surface area contributed by atoms with Crippen molar-refractivity contribution in [2.45, 2.75) is 13.3 Å². The fraction of sp³-hybridized carbons (Fsp3) is 0.273. The number of anilines is 1. The molecule has 0 aliphatic heterocycles. The molecule has 0 saturated heterocycles. The third-order valence-corrected chi connectivity index (χ3v) is 2.08. The van der Waals surface area contributed by atoms with Crippen molar-refractivity contribution in [3.63, 3.8) is 0 Å². The summed E-state index contributed by atoms with van der Waals surface area (Å²) in [5.41, 5.74) is 0.811. The Morgan fingerprint density at radius 1 is 1.31 bits per heavy atom. The van der Waals surface area contributed by atoms with E-state index < -0.39 is 0 Å². The van der Waals surface area contributed by atoms with Crippen LogP contribution in [0.3, 0.4) is 0 Å². The van der Waals surface area contributed by atoms with Gasteiger partial charge in [-0.05, 0) is 30.7 Å². The average molecular weight is 219 g/mol. The molecule has 0 unspecified atom stereocenters. The Balaban J connectivity index is 2.15. The number of nitrogens with zero attached hydrogens (tertiary/aromatic N) is 2. The van der Waals surface area contributed by atoms with Crippen LogP contribution in [0.1, 0.15) is 13.3 Å². The van der Waals surface area contributed by atoms with Crippen molar-refractivity contribution in [3.05, 3.63) is 24.3 Å². The summed E-state index contributed by atoms with van der Waals surface area (Å²) in [7, 11) is 0. The zero-order valence-electron chi connectivity index (χ0n) is 8.97. The fourth-order valence-electron chi connectivity index (χ4n) is 1.25. The number of aromatic hydroxyl groups is 1. The highest BCUT2D eigenvalue weighted by molar-refractivity contribution is 5.56. The molecule has 2 N–H and O–H groups in total. The van der Waals surface area contributed by atoms with E-state index in [1.54, 1.807) is 24.3 Å². The van der Waals surface area contributed by atoms with E-state index in [0.717, 1.165) is 18.5 Å². The van der Waals surface area contributed by atoms with Crippen molar-refractivity contribution in [1.82, 2.24) is 10.1 Å². The summed E-state index contributed by atoms with van der Waals surface area (Å²) in [5.74, 6) is 0.732. The van der Waals surface area contributed by atoms with E-state index >= 15 is 0 Å². The van der Waals surface area contributed by atoms with Gasteiger partial charge in [-0.15, -0.1) is 0 Å². The van der Waals surface area contributed by atoms with Crippen molar-refractivity contribution < 1.29 is 9.63 Å². The number of aromatic nitrogens is 2. The second-order valence-corrected chi connectivity index (χ2v) is 3.40. The summed E-state index contributed by atoms with van der Waals surface area (Å²) in [6.07, 6.45) is 0.997. The van der Waals surface area contributed by atoms with Crippen LogP contribution < -0.4 is 5.32 Å². The predicted molar refractivity (Wildman–Crippen MR) is 60.2 cm³/mol. The number of benzene rings is 1. The van der Waals surface area contributed by atoms with E-state index in [9.17, 15) is 0 Å². The van der Waals surface area contributed by atoms with E-state index in [2.05, 4.69) is 22.4 Å². The molecule has 0 aliphatic carbocycles. The Labute approximate surface area is 93.1 Å². The molecule has 5 nitrogen and oxygen atoms in total. The first-order chi connectivity index (χ1) is 7.79. The zero-order valence-corrected chi connectivity index (χ0v) is 8.97. The minimum Gasteiger partial charge on any atom is -0.508 e. The number of phenols is 1. The lowest BCUT2D eigenvalue weighted by molar-refractivity contribution is 0.432. The minimum absolute atomic E-state index is 0.219. The van der Waals surface area contributed by atoms with Crippen molar-refractivity contribution in [2.24, 2.45) is 0 Å². The maximum Gasteiger partial charge on any atom is 0.321 e. The van der Waals surface area contributed by atoms with Crippen molar-refractivity contribution in [3.8, 4) is 17.1 Å². The SMILES string of the molecule is CCCNc1nc(-c2ccc(O)cc2)no1. The topological polar surface area (TPSA) is 71.2 Å². The average Bonchev–Trinajstić information content (AvgIpc) is 2.76. The number of nitrogens with one attached hydrogen (secondary N) is 1. The molecule has 0 radical (unpaired) electrons. The van der Waals surface area contributed by atoms with Crippen LogP contribution in [-0.2, 0) is 0 Å². The Morgan fingerprint density at radius 2 is 2.06 bits per heavy atom. The smallest absolute Gasteiger partial charge is 0.321 e. The summed E-state index contributed by atoms with van der Waals surface area (Å²) >= 11 is 0. The quantitative estimate of drug-likeness (QED) is 0.825. The number of hydrogen-bond donors (Lipinski definition) is 2. The Kier molecular flexibility index (Phi) is 3.05. The first kappa shape index (κ1) is 10.5. The van der Waals surface area contributed by atoms with Gasteiger partial charge in [-0.2, -0.15) is 4.98 Å². The molecular formula is C11H13N3O2. The maximum atomic E-state index is 9.15. The van der Waals surface area contributed by atoms with Crippen molar-refractivity contribution >= 4 is 6.01 Å². The standard InChI is InChI=1S/C11H13N3O2/c1-2-7-12-11-13-10(14-16-11)8-3-5-9(15)6-4-8/h3-6,15H,2,7H2,1H3,(H,12,13,14). The van der Waals surface area contributed by atoms with Crippen LogP contribution in [0.15, 0.2) is 28.8 Å². The second-order valence-electron chi connectivity index (χ2n) is 3.40. The lowest BCUT2D eigenvalue weighted by Crippen LogP contribution is -1.99. The van der Waals surface area contributed by atoms with Crippen LogP contribution in [-0.4, -0.2) is 21.8 Å². The first-order valence-corrected chi connectivity index (χ1v) is 5.16. The molecule has 0 atom stereocenters. The summed E-state index contributed by atoms with van der Waals surface area (Å²) in [6.45, 7) is 2.86. The van der Waals surface area contributed by atoms with Crippen molar-refractivity contribution in [2.75, 3.05) is 11.9 Å². The molecule has 0 fully saturated rings. The predicted octanol–water partition coefficient (Wildman–Crippen LogP) is 2.26. The lowest BCUT2D eigenvalue weighted by Gasteiger charge is -1.95. The van der Waals surface area contributed by atoms with E-state index in [1.165, 1.54) is 0 Å². The molecule has 0 bridgehead atoms. The van der Waals surface area contributed by atoms with Crippen molar-refractivity contribution in [1.29, 1.82) is 0 Å². The third-order valence-electron chi connectivity index (χ3n) is 2.08. The van der Waals surface area contributed by atoms with Crippen LogP contribution >= 0.6 is 0 Å². The second kappa shape index (κ2) is 4.65. The van der Waals surface area contributed by atoms with Gasteiger partial charge in [0.05, 0.1) is 0 Å². The molecule has 0 spiro atoms. The van der Waals surface area contributed by atoms with Gasteiger partial charge in [-0.25, -0.2) is 0 Å². The Bertz CT molecular complexity index is 451. The highest BCUT2D eigenvalue weighted by Crippen LogP contribution is 2.20. The van der Waals surface area contributed by atoms with Crippen LogP contribution in [0, 0.1) is 0 Å². The minimum atomic E-state index is 0.219. The van der Waals surface area contributed by atoms with Gasteiger partial charge in [0.15, 0.2) is 0 Å². The molecule has 0 aliphatic rings. The van der Waals surface area contributed by atoms with Gasteiger partial charge in [0, 0.05) is 12.1 Å². The van der Waals surface area contributed by atoms with Gasteiger partial charge in [-0.3, -0.25) is 0 Å². The lowest BCUT2D eigenvalue weighted by atomic mass is 10.2. The molecule has 2 aromatic rings. The van der Waals surface area contributed by atoms with Crippen LogP contribution in [0.25, 0.3) is 11.4 Å². The van der Waals surface area contributed by atoms with E-state index in [0.29, 0.717) is 11.8 Å². The number of rotatable bonds is 4. The van der Waals surface area contributed by atoms with Crippen LogP contribution in [0.2, 0.25) is 0 Å². The van der Waals surface area contributed by atoms with Gasteiger partial charge in [0.25, 0.3) is 0 Å². The molecule has 0 amide bonds. The summed E-state index contributed by atoms with van der Waals surface area (Å²) < 4.78 is 5.02. The largest absolute Gasteiger partial charge is 0.508 e. The molecule has 84 valence electrons. The van der Waals surface area contributed by atoms with Gasteiger partial charge >= 0.3 is 6.01 Å². The van der Waals surface area contributed by atoms with Crippen LogP contribution in [0.4, 0.5) is 6.01 Å². The van der Waals surface area contributed by atoms with Gasteiger partial charge in [-0.1, -0.05) is 12.1 Å². The molecule has 5 heteroatoms. The fourth-order valence-corrected chi connectivity index (χ4v) is 1.25. The van der Waals surface area contributed by atoms with Gasteiger partial charge < -0.3 is 14.9 Å². The van der Waals surface area contributed by atoms with E-state index in [4.69, 9.17) is 9.63 Å². The molecule has 0 saturated carbocycles. The highest BCUT2D eigenvalue weighted by atomic mass is 16.5. The summed E-state index contributed by atoms with van der Waals surface area (Å²) in [4.78, 5) is 4.18. The Hall–Kier alpha value is -2.04. The highest BCUT2D eigenvalue weighted by Gasteiger charge is 2.07. The van der Waals surface area contributed by atoms with E-state index in [1.807, 2.05) is 0 Å². The van der Waals surface area contributed by atoms with Crippen LogP contribution in [0.5, 0.6) is 5.75 Å². The van der Waals surface area contributed by atoms with Gasteiger partial charge in [0.1, 0.15) is 5.75 Å².